The monoisotopic (exact) mass is 904 g/mol. The van der Waals surface area contributed by atoms with E-state index in [0.717, 1.165) is 12.8 Å². The molecule has 0 saturated carbocycles. The van der Waals surface area contributed by atoms with Gasteiger partial charge < -0.3 is 0 Å². The number of benzene rings is 10. The topological polar surface area (TPSA) is 0 Å². The molecule has 4 heteroatoms. The molecule has 1 heterocycles. The Balaban J connectivity index is 1.37. The SMILES string of the molecule is c1ccc([Si]2(c3ccccc3)[Si](c3ccccc3)(c3cccc4c3Cc3ccccc3-4)[Si](c3ccccc3)(c3ccccc3)[Si]2(c2ccccc2)c2cccc3c2Cc2ccccc2-3)cc1. The molecule has 0 unspecified atom stereocenters. The average Bonchev–Trinajstić information content (AvgIpc) is 3.98. The minimum Gasteiger partial charge on any atom is -0.0631 e. The van der Waals surface area contributed by atoms with Crippen LogP contribution in [0.1, 0.15) is 22.3 Å². The Labute approximate surface area is 391 Å². The van der Waals surface area contributed by atoms with Crippen molar-refractivity contribution in [2.75, 3.05) is 0 Å². The zero-order chi connectivity index (χ0) is 43.8. The van der Waals surface area contributed by atoms with Crippen LogP contribution in [0.15, 0.2) is 267 Å². The van der Waals surface area contributed by atoms with Gasteiger partial charge in [-0.3, -0.25) is 0 Å². The summed E-state index contributed by atoms with van der Waals surface area (Å²) >= 11 is 0. The molecule has 0 amide bonds. The summed E-state index contributed by atoms with van der Waals surface area (Å²) in [5, 5.41) is 12.8. The van der Waals surface area contributed by atoms with Crippen molar-refractivity contribution in [3.63, 3.8) is 0 Å². The predicted molar refractivity (Wildman–Crippen MR) is 288 cm³/mol. The first-order chi connectivity index (χ1) is 32.8. The van der Waals surface area contributed by atoms with E-state index in [1.54, 1.807) is 52.6 Å². The van der Waals surface area contributed by atoms with Crippen molar-refractivity contribution in [1.29, 1.82) is 0 Å². The first-order valence-electron chi connectivity index (χ1n) is 23.5. The van der Waals surface area contributed by atoms with E-state index in [-0.39, 0.29) is 0 Å². The van der Waals surface area contributed by atoms with Crippen molar-refractivity contribution in [1.82, 2.24) is 0 Å². The van der Waals surface area contributed by atoms with Crippen molar-refractivity contribution in [3.8, 4) is 22.3 Å². The van der Waals surface area contributed by atoms with Crippen LogP contribution in [0.2, 0.25) is 0 Å². The molecule has 1 saturated heterocycles. The van der Waals surface area contributed by atoms with Crippen LogP contribution in [0, 0.1) is 0 Å². The van der Waals surface area contributed by atoms with Crippen molar-refractivity contribution >= 4 is 69.9 Å². The van der Waals surface area contributed by atoms with Crippen LogP contribution in [0.4, 0.5) is 0 Å². The highest BCUT2D eigenvalue weighted by Crippen LogP contribution is 2.53. The maximum absolute atomic E-state index is 3.29. The molecule has 0 spiro atoms. The highest BCUT2D eigenvalue weighted by Gasteiger charge is 2.94. The zero-order valence-corrected chi connectivity index (χ0v) is 40.8. The summed E-state index contributed by atoms with van der Waals surface area (Å²) in [6.45, 7) is 0. The van der Waals surface area contributed by atoms with E-state index in [1.807, 2.05) is 0 Å². The molecule has 0 radical (unpaired) electrons. The largest absolute Gasteiger partial charge is 0.121 e. The fourth-order valence-electron chi connectivity index (χ4n) is 14.3. The van der Waals surface area contributed by atoms with Crippen LogP contribution >= 0.6 is 0 Å². The van der Waals surface area contributed by atoms with Crippen LogP contribution < -0.4 is 41.5 Å². The van der Waals surface area contributed by atoms with E-state index in [2.05, 4.69) is 267 Å². The summed E-state index contributed by atoms with van der Waals surface area (Å²) < 4.78 is 0. The molecule has 10 aromatic carbocycles. The van der Waals surface area contributed by atoms with Gasteiger partial charge in [-0.25, -0.2) is 0 Å². The third-order valence-electron chi connectivity index (χ3n) is 16.0. The standard InChI is InChI=1S/C62H48Si4/c1-7-27-49(28-8-1)63(50-29-9-2-10-30-50)65(53-35-15-5-16-36-53,61-43-23-41-57-55-39-21-19-25-47(55)45-59(57)61)64(51-31-11-3-12-32-51,52-33-13-4-14-34-52)66(63,54-37-17-6-18-38-54)62-44-24-42-58-56-40-22-20-26-48(56)46-60(58)62/h1-44H,45-46H2. The fraction of sp³-hybridized carbons (Fsp3) is 0.0323. The van der Waals surface area contributed by atoms with Gasteiger partial charge in [-0.1, -0.05) is 308 Å². The van der Waals surface area contributed by atoms with E-state index >= 15 is 0 Å². The van der Waals surface area contributed by atoms with Gasteiger partial charge in [0.15, 0.2) is 0 Å². The molecule has 0 nitrogen and oxygen atoms in total. The number of hydrogen-bond acceptors (Lipinski definition) is 0. The van der Waals surface area contributed by atoms with Crippen LogP contribution in [0.3, 0.4) is 0 Å². The molecule has 0 bridgehead atoms. The quantitative estimate of drug-likeness (QED) is 0.134. The first kappa shape index (κ1) is 39.4. The second-order valence-electron chi connectivity index (χ2n) is 18.5. The predicted octanol–water partition coefficient (Wildman–Crippen LogP) is 8.51. The van der Waals surface area contributed by atoms with Gasteiger partial charge in [-0.2, -0.15) is 0 Å². The van der Waals surface area contributed by atoms with Gasteiger partial charge in [0.05, 0.1) is 0 Å². The molecular formula is C62H48Si4. The van der Waals surface area contributed by atoms with Crippen LogP contribution in [0.5, 0.6) is 0 Å². The van der Waals surface area contributed by atoms with E-state index in [0.29, 0.717) is 0 Å². The second-order valence-corrected chi connectivity index (χ2v) is 53.1. The summed E-state index contributed by atoms with van der Waals surface area (Å²) in [7, 11) is -13.1. The van der Waals surface area contributed by atoms with Gasteiger partial charge in [0.2, 0.25) is 0 Å². The van der Waals surface area contributed by atoms with E-state index in [4.69, 9.17) is 0 Å². The molecule has 1 fully saturated rings. The van der Waals surface area contributed by atoms with Crippen molar-refractivity contribution in [2.24, 2.45) is 0 Å². The highest BCUT2D eigenvalue weighted by molar-refractivity contribution is 8.27. The number of fused-ring (bicyclic) bond motifs is 6. The molecule has 0 N–H and O–H groups in total. The van der Waals surface area contributed by atoms with Crippen LogP contribution in [0.25, 0.3) is 22.3 Å². The lowest BCUT2D eigenvalue weighted by Crippen LogP contribution is -3.25. The Morgan fingerprint density at radius 1 is 0.197 bits per heavy atom. The molecule has 0 atom stereocenters. The van der Waals surface area contributed by atoms with Crippen LogP contribution in [-0.2, 0) is 12.8 Å². The Morgan fingerprint density at radius 2 is 0.439 bits per heavy atom. The zero-order valence-electron chi connectivity index (χ0n) is 36.8. The van der Waals surface area contributed by atoms with Crippen molar-refractivity contribution in [3.05, 3.63) is 289 Å². The lowest BCUT2D eigenvalue weighted by Gasteiger charge is -2.79. The third-order valence-corrected chi connectivity index (χ3v) is 93.4. The third kappa shape index (κ3) is 4.91. The summed E-state index contributed by atoms with van der Waals surface area (Å²) in [5.74, 6) is 0. The average molecular weight is 905 g/mol. The Bertz CT molecular complexity index is 3090. The number of hydrogen-bond donors (Lipinski definition) is 0. The van der Waals surface area contributed by atoms with Gasteiger partial charge in [0, 0.05) is 0 Å². The molecule has 312 valence electrons. The second kappa shape index (κ2) is 15.3. The number of rotatable bonds is 8. The normalized spacial score (nSPS) is 19.2. The van der Waals surface area contributed by atoms with Crippen molar-refractivity contribution < 1.29 is 0 Å². The molecule has 10 aromatic rings. The summed E-state index contributed by atoms with van der Waals surface area (Å²) in [6.07, 6.45) is 1.89. The van der Waals surface area contributed by atoms with Gasteiger partial charge >= 0.3 is 0 Å². The van der Waals surface area contributed by atoms with E-state index in [9.17, 15) is 0 Å². The maximum Gasteiger partial charge on any atom is 0.121 e. The Hall–Kier alpha value is -6.93. The highest BCUT2D eigenvalue weighted by atomic mass is 30.2. The molecular weight excluding hydrogens is 857 g/mol. The summed E-state index contributed by atoms with van der Waals surface area (Å²) in [4.78, 5) is 0. The van der Waals surface area contributed by atoms with Crippen LogP contribution in [-0.4, -0.2) is 28.4 Å². The first-order valence-corrected chi connectivity index (χ1v) is 35.5. The smallest absolute Gasteiger partial charge is 0.0631 e. The minimum atomic E-state index is -3.29. The molecule has 3 aliphatic rings. The molecule has 1 aliphatic heterocycles. The lowest BCUT2D eigenvalue weighted by atomic mass is 10.1. The van der Waals surface area contributed by atoms with Crippen molar-refractivity contribution in [2.45, 2.75) is 12.8 Å². The summed E-state index contributed by atoms with van der Waals surface area (Å²) in [5.41, 5.74) is 11.7. The van der Waals surface area contributed by atoms with Gasteiger partial charge in [0.1, 0.15) is 28.4 Å². The lowest BCUT2D eigenvalue weighted by molar-refractivity contribution is 1.28. The Kier molecular flexibility index (Phi) is 9.16. The minimum absolute atomic E-state index is 0.946. The summed E-state index contributed by atoms with van der Waals surface area (Å²) in [6, 6.07) is 107. The van der Waals surface area contributed by atoms with Gasteiger partial charge in [-0.15, -0.1) is 0 Å². The molecule has 66 heavy (non-hydrogen) atoms. The molecule has 2 aliphatic carbocycles. The van der Waals surface area contributed by atoms with Gasteiger partial charge in [-0.05, 0) is 57.3 Å². The fourth-order valence-corrected chi connectivity index (χ4v) is 136. The van der Waals surface area contributed by atoms with E-state index < -0.39 is 28.4 Å². The molecule has 13 rings (SSSR count). The Morgan fingerprint density at radius 3 is 0.742 bits per heavy atom. The van der Waals surface area contributed by atoms with E-state index in [1.165, 1.54) is 33.4 Å². The maximum atomic E-state index is 2.68. The molecule has 0 aromatic heterocycles. The van der Waals surface area contributed by atoms with Gasteiger partial charge in [0.25, 0.3) is 0 Å².